The Morgan fingerprint density at radius 3 is 3.38 bits per heavy atom. The number of aromatic nitrogens is 1. The lowest BCUT2D eigenvalue weighted by molar-refractivity contribution is 0.0252. The van der Waals surface area contributed by atoms with Crippen molar-refractivity contribution in [3.05, 3.63) is 16.6 Å². The van der Waals surface area contributed by atoms with Crippen molar-refractivity contribution in [2.45, 2.75) is 25.6 Å². The maximum Gasteiger partial charge on any atom is 0.118 e. The Bertz CT molecular complexity index is 232. The summed E-state index contributed by atoms with van der Waals surface area (Å²) in [5.74, 6) is 0. The molecule has 0 bridgehead atoms. The summed E-state index contributed by atoms with van der Waals surface area (Å²) >= 11 is 1.65. The minimum atomic E-state index is 0.387. The van der Waals surface area contributed by atoms with E-state index in [0.29, 0.717) is 12.7 Å². The highest BCUT2D eigenvalue weighted by molar-refractivity contribution is 7.09. The van der Waals surface area contributed by atoms with Gasteiger partial charge in [0, 0.05) is 18.1 Å². The Kier molecular flexibility index (Phi) is 3.29. The van der Waals surface area contributed by atoms with E-state index in [4.69, 9.17) is 4.74 Å². The summed E-state index contributed by atoms with van der Waals surface area (Å²) in [6.07, 6.45) is 4.61. The largest absolute Gasteiger partial charge is 0.370 e. The molecule has 1 N–H and O–H groups in total. The van der Waals surface area contributed by atoms with Crippen LogP contribution in [0.25, 0.3) is 0 Å². The van der Waals surface area contributed by atoms with Crippen LogP contribution in [0.2, 0.25) is 0 Å². The summed E-state index contributed by atoms with van der Waals surface area (Å²) in [7, 11) is 0. The second-order valence-electron chi connectivity index (χ2n) is 3.21. The van der Waals surface area contributed by atoms with Crippen LogP contribution in [0.1, 0.15) is 17.8 Å². The maximum absolute atomic E-state index is 5.71. The Morgan fingerprint density at radius 1 is 1.69 bits per heavy atom. The molecular weight excluding hydrogens is 184 g/mol. The third-order valence-electron chi connectivity index (χ3n) is 2.18. The highest BCUT2D eigenvalue weighted by Gasteiger charge is 2.13. The second-order valence-corrected chi connectivity index (χ2v) is 4.18. The van der Waals surface area contributed by atoms with Crippen LogP contribution in [0.5, 0.6) is 0 Å². The number of hydrogen-bond acceptors (Lipinski definition) is 4. The van der Waals surface area contributed by atoms with Gasteiger partial charge in [0.2, 0.25) is 0 Å². The van der Waals surface area contributed by atoms with E-state index in [9.17, 15) is 0 Å². The number of nitrogens with one attached hydrogen (secondary N) is 1. The van der Waals surface area contributed by atoms with Crippen LogP contribution in [-0.2, 0) is 11.3 Å². The molecule has 1 aliphatic heterocycles. The lowest BCUT2D eigenvalue weighted by Crippen LogP contribution is -2.35. The van der Waals surface area contributed by atoms with Crippen molar-refractivity contribution in [2.24, 2.45) is 0 Å². The summed E-state index contributed by atoms with van der Waals surface area (Å²) in [4.78, 5) is 4.17. The molecule has 1 saturated heterocycles. The van der Waals surface area contributed by atoms with Crippen molar-refractivity contribution in [1.82, 2.24) is 10.3 Å². The highest BCUT2D eigenvalue weighted by atomic mass is 32.1. The predicted octanol–water partition coefficient (Wildman–Crippen LogP) is 1.41. The molecule has 0 saturated carbocycles. The van der Waals surface area contributed by atoms with Gasteiger partial charge < -0.3 is 10.1 Å². The van der Waals surface area contributed by atoms with Gasteiger partial charge in [-0.2, -0.15) is 0 Å². The Labute approximate surface area is 82.1 Å². The first kappa shape index (κ1) is 9.12. The number of rotatable bonds is 3. The van der Waals surface area contributed by atoms with Crippen LogP contribution in [0.15, 0.2) is 11.6 Å². The lowest BCUT2D eigenvalue weighted by Gasteiger charge is -2.22. The van der Waals surface area contributed by atoms with E-state index in [1.165, 1.54) is 12.8 Å². The molecule has 13 heavy (non-hydrogen) atoms. The average molecular weight is 198 g/mol. The van der Waals surface area contributed by atoms with Crippen molar-refractivity contribution in [3.8, 4) is 0 Å². The van der Waals surface area contributed by atoms with Crippen LogP contribution in [0.3, 0.4) is 0 Å². The van der Waals surface area contributed by atoms with E-state index in [2.05, 4.69) is 10.3 Å². The zero-order valence-corrected chi connectivity index (χ0v) is 8.35. The van der Waals surface area contributed by atoms with E-state index >= 15 is 0 Å². The normalized spacial score (nSPS) is 23.2. The van der Waals surface area contributed by atoms with Gasteiger partial charge in [-0.15, -0.1) is 11.3 Å². The van der Waals surface area contributed by atoms with Crippen molar-refractivity contribution < 1.29 is 4.74 Å². The van der Waals surface area contributed by atoms with E-state index < -0.39 is 0 Å². The number of piperidine rings is 1. The average Bonchev–Trinajstić information content (AvgIpc) is 2.69. The van der Waals surface area contributed by atoms with Gasteiger partial charge in [-0.05, 0) is 19.4 Å². The molecule has 0 aliphatic carbocycles. The van der Waals surface area contributed by atoms with Crippen LogP contribution >= 0.6 is 11.3 Å². The molecule has 0 unspecified atom stereocenters. The zero-order chi connectivity index (χ0) is 8.93. The molecule has 72 valence electrons. The molecule has 2 rings (SSSR count). The van der Waals surface area contributed by atoms with Gasteiger partial charge in [-0.25, -0.2) is 4.98 Å². The quantitative estimate of drug-likeness (QED) is 0.797. The first-order valence-corrected chi connectivity index (χ1v) is 5.54. The molecule has 1 fully saturated rings. The van der Waals surface area contributed by atoms with Gasteiger partial charge >= 0.3 is 0 Å². The lowest BCUT2D eigenvalue weighted by atomic mass is 10.1. The van der Waals surface area contributed by atoms with Crippen molar-refractivity contribution >= 4 is 11.3 Å². The minimum absolute atomic E-state index is 0.387. The molecule has 1 aromatic heterocycles. The molecule has 0 radical (unpaired) electrons. The standard InChI is InChI=1S/C9H14N2OS/c1-2-8(6-10-3-1)12-7-9-11-4-5-13-9/h4-5,8,10H,1-3,6-7H2/t8-/m0/s1. The SMILES string of the molecule is c1csc(CO[C@H]2CCCNC2)n1. The summed E-state index contributed by atoms with van der Waals surface area (Å²) in [6, 6.07) is 0. The molecule has 2 heterocycles. The van der Waals surface area contributed by atoms with Gasteiger partial charge in [-0.3, -0.25) is 0 Å². The highest BCUT2D eigenvalue weighted by Crippen LogP contribution is 2.11. The summed E-state index contributed by atoms with van der Waals surface area (Å²) in [5, 5.41) is 6.38. The third kappa shape index (κ3) is 2.76. The maximum atomic E-state index is 5.71. The van der Waals surface area contributed by atoms with Gasteiger partial charge in [-0.1, -0.05) is 0 Å². The fourth-order valence-corrected chi connectivity index (χ4v) is 2.01. The monoisotopic (exact) mass is 198 g/mol. The number of hydrogen-bond donors (Lipinski definition) is 1. The molecule has 3 nitrogen and oxygen atoms in total. The molecular formula is C9H14N2OS. The van der Waals surface area contributed by atoms with Crippen LogP contribution < -0.4 is 5.32 Å². The Balaban J connectivity index is 1.72. The summed E-state index contributed by atoms with van der Waals surface area (Å²) < 4.78 is 5.71. The van der Waals surface area contributed by atoms with Gasteiger partial charge in [0.15, 0.2) is 0 Å². The third-order valence-corrected chi connectivity index (χ3v) is 2.93. The smallest absolute Gasteiger partial charge is 0.118 e. The number of thiazole rings is 1. The molecule has 4 heteroatoms. The first-order chi connectivity index (χ1) is 6.45. The second kappa shape index (κ2) is 4.69. The minimum Gasteiger partial charge on any atom is -0.370 e. The first-order valence-electron chi connectivity index (χ1n) is 4.66. The van der Waals surface area contributed by atoms with E-state index in [-0.39, 0.29) is 0 Å². The van der Waals surface area contributed by atoms with Crippen LogP contribution in [-0.4, -0.2) is 24.2 Å². The molecule has 1 aromatic rings. The molecule has 0 amide bonds. The van der Waals surface area contributed by atoms with Gasteiger partial charge in [0.25, 0.3) is 0 Å². The van der Waals surface area contributed by atoms with Gasteiger partial charge in [0.05, 0.1) is 12.7 Å². The molecule has 1 atom stereocenters. The summed E-state index contributed by atoms with van der Waals surface area (Å²) in [6.45, 7) is 2.80. The topological polar surface area (TPSA) is 34.1 Å². The zero-order valence-electron chi connectivity index (χ0n) is 7.53. The van der Waals surface area contributed by atoms with E-state index in [0.717, 1.165) is 18.1 Å². The van der Waals surface area contributed by atoms with Crippen LogP contribution in [0, 0.1) is 0 Å². The molecule has 0 spiro atoms. The Morgan fingerprint density at radius 2 is 2.69 bits per heavy atom. The molecule has 0 aromatic carbocycles. The summed E-state index contributed by atoms with van der Waals surface area (Å²) in [5.41, 5.74) is 0. The van der Waals surface area contributed by atoms with Gasteiger partial charge in [0.1, 0.15) is 5.01 Å². The van der Waals surface area contributed by atoms with E-state index in [1.807, 2.05) is 11.6 Å². The Hall–Kier alpha value is -0.450. The van der Waals surface area contributed by atoms with E-state index in [1.54, 1.807) is 11.3 Å². The van der Waals surface area contributed by atoms with Crippen molar-refractivity contribution in [2.75, 3.05) is 13.1 Å². The number of nitrogens with zero attached hydrogens (tertiary/aromatic N) is 1. The molecule has 1 aliphatic rings. The van der Waals surface area contributed by atoms with Crippen molar-refractivity contribution in [1.29, 1.82) is 0 Å². The fourth-order valence-electron chi connectivity index (χ4n) is 1.48. The number of ether oxygens (including phenoxy) is 1. The van der Waals surface area contributed by atoms with Crippen molar-refractivity contribution in [3.63, 3.8) is 0 Å². The van der Waals surface area contributed by atoms with Crippen LogP contribution in [0.4, 0.5) is 0 Å². The predicted molar refractivity (Wildman–Crippen MR) is 52.8 cm³/mol. The fraction of sp³-hybridized carbons (Fsp3) is 0.667.